The molecule has 0 heterocycles. The average Bonchev–Trinajstić information content (AvgIpc) is 2.60. The molecule has 0 aliphatic heterocycles. The van der Waals surface area contributed by atoms with Crippen molar-refractivity contribution >= 4 is 17.9 Å². The van der Waals surface area contributed by atoms with Crippen LogP contribution >= 0.6 is 0 Å². The maximum Gasteiger partial charge on any atom is 0.343 e. The Balaban J connectivity index is 2.35. The van der Waals surface area contributed by atoms with Gasteiger partial charge in [0, 0.05) is 0 Å². The summed E-state index contributed by atoms with van der Waals surface area (Å²) in [5.41, 5.74) is 0.494. The van der Waals surface area contributed by atoms with Crippen LogP contribution in [0.4, 0.5) is 0 Å². The summed E-state index contributed by atoms with van der Waals surface area (Å²) in [6.07, 6.45) is 0. The van der Waals surface area contributed by atoms with Crippen LogP contribution in [0.25, 0.3) is 0 Å². The van der Waals surface area contributed by atoms with Crippen LogP contribution in [0.2, 0.25) is 0 Å². The van der Waals surface area contributed by atoms with E-state index in [2.05, 4.69) is 9.47 Å². The fourth-order valence-corrected chi connectivity index (χ4v) is 1.87. The molecule has 0 aliphatic rings. The van der Waals surface area contributed by atoms with E-state index in [-0.39, 0.29) is 16.9 Å². The number of hydrogen-bond donors (Lipinski definition) is 0. The van der Waals surface area contributed by atoms with Gasteiger partial charge in [0.1, 0.15) is 5.75 Å². The van der Waals surface area contributed by atoms with E-state index >= 15 is 0 Å². The minimum Gasteiger partial charge on any atom is -0.465 e. The molecule has 0 N–H and O–H groups in total. The molecule has 2 aromatic carbocycles. The lowest BCUT2D eigenvalue weighted by Crippen LogP contribution is -2.11. The van der Waals surface area contributed by atoms with Gasteiger partial charge in [-0.3, -0.25) is 0 Å². The zero-order chi connectivity index (χ0) is 16.8. The lowest BCUT2D eigenvalue weighted by Gasteiger charge is -2.08. The first kappa shape index (κ1) is 16.2. The molecule has 0 aliphatic carbocycles. The third-order valence-electron chi connectivity index (χ3n) is 2.97. The van der Waals surface area contributed by atoms with E-state index in [1.165, 1.54) is 32.4 Å². The Morgan fingerprint density at radius 2 is 1.22 bits per heavy atom. The zero-order valence-electron chi connectivity index (χ0n) is 12.6. The molecule has 0 atom stereocenters. The summed E-state index contributed by atoms with van der Waals surface area (Å²) in [7, 11) is 2.42. The van der Waals surface area contributed by atoms with Crippen LogP contribution in [0.15, 0.2) is 48.5 Å². The third-order valence-corrected chi connectivity index (χ3v) is 2.97. The summed E-state index contributed by atoms with van der Waals surface area (Å²) in [6.45, 7) is 0. The minimum absolute atomic E-state index is 0.0437. The lowest BCUT2D eigenvalue weighted by molar-refractivity contribution is 0.0593. The van der Waals surface area contributed by atoms with Crippen molar-refractivity contribution in [1.82, 2.24) is 0 Å². The van der Waals surface area contributed by atoms with Crippen LogP contribution in [0.3, 0.4) is 0 Å². The highest BCUT2D eigenvalue weighted by molar-refractivity contribution is 5.97. The SMILES string of the molecule is COC(=O)c1cc(OC(=O)c2ccccc2)cc(C(=O)OC)c1. The summed E-state index contributed by atoms with van der Waals surface area (Å²) in [5, 5.41) is 0. The van der Waals surface area contributed by atoms with E-state index in [0.717, 1.165) is 0 Å². The maximum atomic E-state index is 12.1. The van der Waals surface area contributed by atoms with Crippen molar-refractivity contribution in [3.8, 4) is 5.75 Å². The normalized spacial score (nSPS) is 9.83. The van der Waals surface area contributed by atoms with Gasteiger partial charge in [0.2, 0.25) is 0 Å². The lowest BCUT2D eigenvalue weighted by atomic mass is 10.1. The van der Waals surface area contributed by atoms with Gasteiger partial charge in [0.25, 0.3) is 0 Å². The van der Waals surface area contributed by atoms with Crippen molar-refractivity contribution in [3.05, 3.63) is 65.2 Å². The highest BCUT2D eigenvalue weighted by Crippen LogP contribution is 2.20. The number of carbonyl (C=O) groups excluding carboxylic acids is 3. The Morgan fingerprint density at radius 1 is 0.696 bits per heavy atom. The Morgan fingerprint density at radius 3 is 1.70 bits per heavy atom. The maximum absolute atomic E-state index is 12.1. The quantitative estimate of drug-likeness (QED) is 0.637. The molecule has 0 saturated carbocycles. The van der Waals surface area contributed by atoms with Crippen LogP contribution < -0.4 is 4.74 Å². The van der Waals surface area contributed by atoms with Crippen molar-refractivity contribution in [2.75, 3.05) is 14.2 Å². The minimum atomic E-state index is -0.659. The van der Waals surface area contributed by atoms with Crippen LogP contribution in [0.5, 0.6) is 5.75 Å². The van der Waals surface area contributed by atoms with Crippen LogP contribution in [-0.2, 0) is 9.47 Å². The molecular formula is C17H14O6. The number of rotatable bonds is 4. The molecule has 0 aromatic heterocycles. The molecule has 23 heavy (non-hydrogen) atoms. The summed E-state index contributed by atoms with van der Waals surface area (Å²) < 4.78 is 14.5. The molecule has 0 fully saturated rings. The van der Waals surface area contributed by atoms with Gasteiger partial charge in [-0.15, -0.1) is 0 Å². The van der Waals surface area contributed by atoms with Crippen LogP contribution in [0, 0.1) is 0 Å². The first-order valence-corrected chi connectivity index (χ1v) is 6.64. The van der Waals surface area contributed by atoms with Gasteiger partial charge in [-0.25, -0.2) is 14.4 Å². The summed E-state index contributed by atoms with van der Waals surface area (Å²) in [5.74, 6) is -1.88. The smallest absolute Gasteiger partial charge is 0.343 e. The second kappa shape index (κ2) is 7.22. The highest BCUT2D eigenvalue weighted by atomic mass is 16.5. The summed E-state index contributed by atoms with van der Waals surface area (Å²) in [6, 6.07) is 12.3. The molecule has 2 rings (SSSR count). The van der Waals surface area contributed by atoms with E-state index in [1.54, 1.807) is 30.3 Å². The Hall–Kier alpha value is -3.15. The fourth-order valence-electron chi connectivity index (χ4n) is 1.87. The van der Waals surface area contributed by atoms with E-state index in [9.17, 15) is 14.4 Å². The van der Waals surface area contributed by atoms with E-state index in [0.29, 0.717) is 5.56 Å². The van der Waals surface area contributed by atoms with E-state index in [4.69, 9.17) is 4.74 Å². The molecule has 2 aromatic rings. The molecular weight excluding hydrogens is 300 g/mol. The molecule has 0 saturated heterocycles. The Bertz CT molecular complexity index is 702. The molecule has 0 radical (unpaired) electrons. The van der Waals surface area contributed by atoms with Gasteiger partial charge in [-0.1, -0.05) is 18.2 Å². The number of carbonyl (C=O) groups is 3. The fraction of sp³-hybridized carbons (Fsp3) is 0.118. The van der Waals surface area contributed by atoms with E-state index in [1.807, 2.05) is 0 Å². The monoisotopic (exact) mass is 314 g/mol. The molecule has 6 heteroatoms. The third kappa shape index (κ3) is 3.94. The second-order valence-corrected chi connectivity index (χ2v) is 4.48. The molecule has 0 spiro atoms. The van der Waals surface area contributed by atoms with Gasteiger partial charge in [0.05, 0.1) is 30.9 Å². The Kier molecular flexibility index (Phi) is 5.09. The number of benzene rings is 2. The number of ether oxygens (including phenoxy) is 3. The number of hydrogen-bond acceptors (Lipinski definition) is 6. The van der Waals surface area contributed by atoms with Gasteiger partial charge < -0.3 is 14.2 Å². The van der Waals surface area contributed by atoms with Crippen LogP contribution in [-0.4, -0.2) is 32.1 Å². The summed E-state index contributed by atoms with van der Waals surface area (Å²) in [4.78, 5) is 35.4. The number of methoxy groups -OCH3 is 2. The molecule has 0 bridgehead atoms. The zero-order valence-corrected chi connectivity index (χ0v) is 12.6. The molecule has 6 nitrogen and oxygen atoms in total. The highest BCUT2D eigenvalue weighted by Gasteiger charge is 2.16. The molecule has 118 valence electrons. The van der Waals surface area contributed by atoms with Gasteiger partial charge in [-0.2, -0.15) is 0 Å². The standard InChI is InChI=1S/C17H14O6/c1-21-15(18)12-8-13(16(19)22-2)10-14(9-12)23-17(20)11-6-4-3-5-7-11/h3-10H,1-2H3. The van der Waals surface area contributed by atoms with Crippen molar-refractivity contribution in [2.24, 2.45) is 0 Å². The van der Waals surface area contributed by atoms with Gasteiger partial charge in [-0.05, 0) is 30.3 Å². The Labute approximate surface area is 132 Å². The van der Waals surface area contributed by atoms with Gasteiger partial charge in [0.15, 0.2) is 0 Å². The second-order valence-electron chi connectivity index (χ2n) is 4.48. The first-order chi connectivity index (χ1) is 11.0. The van der Waals surface area contributed by atoms with Gasteiger partial charge >= 0.3 is 17.9 Å². The average molecular weight is 314 g/mol. The van der Waals surface area contributed by atoms with E-state index < -0.39 is 17.9 Å². The molecule has 0 amide bonds. The van der Waals surface area contributed by atoms with Crippen molar-refractivity contribution in [1.29, 1.82) is 0 Å². The van der Waals surface area contributed by atoms with Crippen LogP contribution in [0.1, 0.15) is 31.1 Å². The van der Waals surface area contributed by atoms with Crippen molar-refractivity contribution in [2.45, 2.75) is 0 Å². The van der Waals surface area contributed by atoms with Crippen molar-refractivity contribution < 1.29 is 28.6 Å². The summed E-state index contributed by atoms with van der Waals surface area (Å²) >= 11 is 0. The first-order valence-electron chi connectivity index (χ1n) is 6.64. The molecule has 0 unspecified atom stereocenters. The predicted molar refractivity (Wildman–Crippen MR) is 80.5 cm³/mol. The topological polar surface area (TPSA) is 78.9 Å². The number of esters is 3. The van der Waals surface area contributed by atoms with Crippen molar-refractivity contribution in [3.63, 3.8) is 0 Å². The predicted octanol–water partition coefficient (Wildman–Crippen LogP) is 2.48. The largest absolute Gasteiger partial charge is 0.465 e.